The summed E-state index contributed by atoms with van der Waals surface area (Å²) in [6.07, 6.45) is 2.82. The molecule has 0 spiro atoms. The van der Waals surface area contributed by atoms with E-state index in [0.717, 1.165) is 15.6 Å². The lowest BCUT2D eigenvalue weighted by Crippen LogP contribution is -2.71. The predicted octanol–water partition coefficient (Wildman–Crippen LogP) is 3.67. The Kier molecular flexibility index (Phi) is 9.41. The molecule has 3 rings (SSSR count). The third-order valence-electron chi connectivity index (χ3n) is 5.19. The number of hydrogen-bond acceptors (Lipinski definition) is 5. The van der Waals surface area contributed by atoms with Crippen LogP contribution in [0.25, 0.3) is 0 Å². The van der Waals surface area contributed by atoms with Gasteiger partial charge in [0.2, 0.25) is 0 Å². The quantitative estimate of drug-likeness (QED) is 0.174. The van der Waals surface area contributed by atoms with Crippen LogP contribution in [-0.4, -0.2) is 35.0 Å². The second kappa shape index (κ2) is 12.5. The van der Waals surface area contributed by atoms with Crippen LogP contribution in [0.3, 0.4) is 0 Å². The van der Waals surface area contributed by atoms with Gasteiger partial charge < -0.3 is 11.1 Å². The first-order valence-electron chi connectivity index (χ1n) is 11.4. The van der Waals surface area contributed by atoms with Crippen LogP contribution in [0.5, 0.6) is 0 Å². The van der Waals surface area contributed by atoms with Gasteiger partial charge in [-0.1, -0.05) is 91.0 Å². The van der Waals surface area contributed by atoms with Crippen molar-refractivity contribution in [2.75, 3.05) is 0 Å². The van der Waals surface area contributed by atoms with Crippen LogP contribution in [0, 0.1) is 0 Å². The number of hydrogen-bond donors (Lipinski definition) is 0. The van der Waals surface area contributed by atoms with Crippen molar-refractivity contribution in [2.24, 2.45) is 0 Å². The zero-order chi connectivity index (χ0) is 25.3. The largest absolute Gasteiger partial charge is 1.09 e. The predicted molar refractivity (Wildman–Crippen MR) is 142 cm³/mol. The van der Waals surface area contributed by atoms with E-state index in [2.05, 4.69) is 36.4 Å². The molecule has 3 aromatic rings. The molecular formula is C28H29AlO5Si. The summed E-state index contributed by atoms with van der Waals surface area (Å²) in [5.41, 5.74) is 0. The summed E-state index contributed by atoms with van der Waals surface area (Å²) < 4.78 is 19.3. The van der Waals surface area contributed by atoms with E-state index in [1.54, 1.807) is 13.8 Å². The van der Waals surface area contributed by atoms with E-state index in [4.69, 9.17) is 11.1 Å². The summed E-state index contributed by atoms with van der Waals surface area (Å²) in [6, 6.07) is 30.3. The Labute approximate surface area is 213 Å². The Morgan fingerprint density at radius 1 is 0.600 bits per heavy atom. The molecule has 0 unspecified atom stereocenters. The minimum Gasteiger partial charge on any atom is -0.592 e. The molecule has 7 heteroatoms. The highest BCUT2D eigenvalue weighted by molar-refractivity contribution is 7.09. The molecule has 0 aliphatic heterocycles. The van der Waals surface area contributed by atoms with Gasteiger partial charge in [0.1, 0.15) is 0 Å². The molecule has 0 aliphatic rings. The molecule has 5 nitrogen and oxygen atoms in total. The maximum absolute atomic E-state index is 11.7. The van der Waals surface area contributed by atoms with Gasteiger partial charge >= 0.3 is 15.1 Å². The van der Waals surface area contributed by atoms with Gasteiger partial charge in [-0.2, -0.15) is 0 Å². The van der Waals surface area contributed by atoms with Crippen LogP contribution in [0.4, 0.5) is 0 Å². The number of rotatable bonds is 11. The number of benzene rings is 3. The van der Waals surface area contributed by atoms with Crippen LogP contribution in [-0.2, 0) is 20.6 Å². The fourth-order valence-electron chi connectivity index (χ4n) is 3.88. The lowest BCUT2D eigenvalue weighted by atomic mass is 10.3. The highest BCUT2D eigenvalue weighted by Crippen LogP contribution is 2.16. The van der Waals surface area contributed by atoms with E-state index < -0.39 is 23.5 Å². The molecule has 0 fully saturated rings. The molecule has 0 radical (unpaired) electrons. The zero-order valence-corrected chi connectivity index (χ0v) is 22.6. The molecule has 0 amide bonds. The SMILES string of the molecule is CC(=O)/C=C(/C)[O][Al]([O]/C(C)=C\C(C)=O)[O][Si](c1ccccc1)(c1ccccc1)c1ccccc1. The van der Waals surface area contributed by atoms with Crippen LogP contribution in [0.2, 0.25) is 0 Å². The van der Waals surface area contributed by atoms with Crippen molar-refractivity contribution >= 4 is 50.6 Å². The van der Waals surface area contributed by atoms with Crippen LogP contribution >= 0.6 is 0 Å². The number of carbonyl (C=O) groups excluding carboxylic acids is 2. The van der Waals surface area contributed by atoms with Gasteiger partial charge in [-0.05, 0) is 43.3 Å². The first-order valence-corrected chi connectivity index (χ1v) is 14.7. The summed E-state index contributed by atoms with van der Waals surface area (Å²) in [4.78, 5) is 23.4. The highest BCUT2D eigenvalue weighted by Gasteiger charge is 2.52. The smallest absolute Gasteiger partial charge is 0.592 e. The molecule has 35 heavy (non-hydrogen) atoms. The molecule has 0 aromatic heterocycles. The van der Waals surface area contributed by atoms with E-state index in [9.17, 15) is 9.59 Å². The van der Waals surface area contributed by atoms with Crippen molar-refractivity contribution in [2.45, 2.75) is 27.7 Å². The van der Waals surface area contributed by atoms with E-state index in [1.165, 1.54) is 26.0 Å². The van der Waals surface area contributed by atoms with Crippen LogP contribution in [0.1, 0.15) is 27.7 Å². The Balaban J connectivity index is 2.21. The third kappa shape index (κ3) is 7.14. The van der Waals surface area contributed by atoms with Gasteiger partial charge in [0.05, 0.1) is 11.5 Å². The second-order valence-corrected chi connectivity index (χ2v) is 13.2. The van der Waals surface area contributed by atoms with Crippen molar-refractivity contribution in [1.29, 1.82) is 0 Å². The summed E-state index contributed by atoms with van der Waals surface area (Å²) in [5, 5.41) is 3.09. The van der Waals surface area contributed by atoms with Crippen molar-refractivity contribution in [3.05, 3.63) is 115 Å². The Bertz CT molecular complexity index is 1070. The molecule has 0 saturated heterocycles. The summed E-state index contributed by atoms with van der Waals surface area (Å²) in [6.45, 7) is 6.33. The lowest BCUT2D eigenvalue weighted by Gasteiger charge is -2.35. The fraction of sp³-hybridized carbons (Fsp3) is 0.143. The van der Waals surface area contributed by atoms with E-state index in [1.807, 2.05) is 54.6 Å². The number of allylic oxidation sites excluding steroid dienone is 4. The minimum atomic E-state index is -3.11. The topological polar surface area (TPSA) is 61.8 Å². The molecule has 0 bridgehead atoms. The first kappa shape index (κ1) is 26.4. The monoisotopic (exact) mass is 500 g/mol. The molecule has 178 valence electrons. The van der Waals surface area contributed by atoms with E-state index >= 15 is 0 Å². The molecular weight excluding hydrogens is 471 g/mol. The van der Waals surface area contributed by atoms with Gasteiger partial charge in [-0.25, -0.2) is 0 Å². The van der Waals surface area contributed by atoms with Crippen molar-refractivity contribution in [3.8, 4) is 0 Å². The van der Waals surface area contributed by atoms with Crippen molar-refractivity contribution < 1.29 is 20.6 Å². The molecule has 0 aliphatic carbocycles. The van der Waals surface area contributed by atoms with Crippen LogP contribution in [0.15, 0.2) is 115 Å². The summed E-state index contributed by atoms with van der Waals surface area (Å²) >= 11 is -2.98. The zero-order valence-electron chi connectivity index (χ0n) is 20.4. The van der Waals surface area contributed by atoms with E-state index in [-0.39, 0.29) is 11.6 Å². The Morgan fingerprint density at radius 2 is 0.914 bits per heavy atom. The first-order chi connectivity index (χ1) is 16.8. The van der Waals surface area contributed by atoms with Crippen LogP contribution < -0.4 is 15.6 Å². The maximum atomic E-state index is 11.7. The summed E-state index contributed by atoms with van der Waals surface area (Å²) in [7, 11) is -3.11. The Hall–Kier alpha value is -3.21. The van der Waals surface area contributed by atoms with Crippen molar-refractivity contribution in [1.82, 2.24) is 0 Å². The molecule has 0 saturated carbocycles. The van der Waals surface area contributed by atoms with Gasteiger partial charge in [0.25, 0.3) is 8.32 Å². The molecule has 0 heterocycles. The minimum absolute atomic E-state index is 0.135. The normalized spacial score (nSPS) is 12.1. The average Bonchev–Trinajstić information content (AvgIpc) is 2.83. The molecule has 0 N–H and O–H groups in total. The fourth-order valence-corrected chi connectivity index (χ4v) is 10.8. The van der Waals surface area contributed by atoms with E-state index in [0.29, 0.717) is 11.5 Å². The highest BCUT2D eigenvalue weighted by atomic mass is 28.4. The van der Waals surface area contributed by atoms with Gasteiger partial charge in [0, 0.05) is 12.2 Å². The van der Waals surface area contributed by atoms with Gasteiger partial charge in [0.15, 0.2) is 11.6 Å². The van der Waals surface area contributed by atoms with Gasteiger partial charge in [-0.15, -0.1) is 0 Å². The standard InChI is InChI=1S/C18H15OSi.2C5H8O2.Al/c19-20(16-10-4-1-5-11-16,17-12-6-2-7-13-17)18-14-8-3-9-15-18;2*1-4(6)3-5(2)7;/h1-15H;2*3,6H,1-2H3;/q-1;;;+3/p-2/b;2*4-3-;. The average molecular weight is 501 g/mol. The lowest BCUT2D eigenvalue weighted by molar-refractivity contribution is -0.113. The van der Waals surface area contributed by atoms with Crippen molar-refractivity contribution in [3.63, 3.8) is 0 Å². The second-order valence-electron chi connectivity index (χ2n) is 8.15. The molecule has 0 atom stereocenters. The number of ketones is 2. The third-order valence-corrected chi connectivity index (χ3v) is 11.9. The molecule has 3 aromatic carbocycles. The maximum Gasteiger partial charge on any atom is 1.09 e. The number of carbonyl (C=O) groups is 2. The Morgan fingerprint density at radius 3 is 1.20 bits per heavy atom. The summed E-state index contributed by atoms with van der Waals surface area (Å²) in [5.74, 6) is 0.539. The van der Waals surface area contributed by atoms with Gasteiger partial charge in [-0.3, -0.25) is 9.59 Å².